The first-order chi connectivity index (χ1) is 13.9. The Labute approximate surface area is 171 Å². The standard InChI is InChI=1S/C21H21N3O4S/c1-11-6-4-7-12(2)17(11)23-15(25)10-28-21(27)18-13(3)16-19(29-18)22-14-8-5-9-24(14)20(16)26/h4,6-7H,5,8-10H2,1-3H3,(H,23,25). The maximum absolute atomic E-state index is 12.7. The lowest BCUT2D eigenvalue weighted by Crippen LogP contribution is -2.22. The molecule has 1 N–H and O–H groups in total. The van der Waals surface area contributed by atoms with E-state index in [4.69, 9.17) is 4.74 Å². The third-order valence-corrected chi connectivity index (χ3v) is 6.34. The van der Waals surface area contributed by atoms with Crippen molar-refractivity contribution in [2.75, 3.05) is 11.9 Å². The van der Waals surface area contributed by atoms with Crippen molar-refractivity contribution < 1.29 is 14.3 Å². The van der Waals surface area contributed by atoms with Gasteiger partial charge in [0.15, 0.2) is 6.61 Å². The van der Waals surface area contributed by atoms with Crippen molar-refractivity contribution in [1.29, 1.82) is 0 Å². The number of amides is 1. The number of carbonyl (C=O) groups excluding carboxylic acids is 2. The van der Waals surface area contributed by atoms with Gasteiger partial charge in [0.05, 0.1) is 5.39 Å². The molecule has 3 aromatic rings. The van der Waals surface area contributed by atoms with Crippen LogP contribution in [0.25, 0.3) is 10.2 Å². The molecular formula is C21H21N3O4S. The molecule has 1 aliphatic rings. The van der Waals surface area contributed by atoms with Crippen molar-refractivity contribution in [3.63, 3.8) is 0 Å². The fourth-order valence-electron chi connectivity index (χ4n) is 3.65. The first-order valence-corrected chi connectivity index (χ1v) is 10.2. The van der Waals surface area contributed by atoms with Gasteiger partial charge in [0.1, 0.15) is 15.5 Å². The molecule has 0 spiro atoms. The van der Waals surface area contributed by atoms with E-state index in [1.165, 1.54) is 0 Å². The fourth-order valence-corrected chi connectivity index (χ4v) is 4.74. The number of fused-ring (bicyclic) bond motifs is 2. The molecule has 0 aliphatic carbocycles. The molecule has 7 nitrogen and oxygen atoms in total. The van der Waals surface area contributed by atoms with Crippen molar-refractivity contribution in [2.24, 2.45) is 0 Å². The molecule has 0 radical (unpaired) electrons. The monoisotopic (exact) mass is 411 g/mol. The van der Waals surface area contributed by atoms with Crippen molar-refractivity contribution >= 4 is 39.1 Å². The zero-order valence-electron chi connectivity index (χ0n) is 16.5. The number of ether oxygens (including phenoxy) is 1. The largest absolute Gasteiger partial charge is 0.451 e. The number of benzene rings is 1. The predicted octanol–water partition coefficient (Wildman–Crippen LogP) is 3.12. The molecular weight excluding hydrogens is 390 g/mol. The van der Waals surface area contributed by atoms with Gasteiger partial charge < -0.3 is 10.1 Å². The van der Waals surface area contributed by atoms with Crippen molar-refractivity contribution in [1.82, 2.24) is 9.55 Å². The Morgan fingerprint density at radius 1 is 1.24 bits per heavy atom. The number of carbonyl (C=O) groups is 2. The van der Waals surface area contributed by atoms with Crippen molar-refractivity contribution in [3.05, 3.63) is 55.9 Å². The highest BCUT2D eigenvalue weighted by molar-refractivity contribution is 7.20. The van der Waals surface area contributed by atoms with E-state index in [-0.39, 0.29) is 5.56 Å². The van der Waals surface area contributed by atoms with Gasteiger partial charge in [-0.2, -0.15) is 0 Å². The van der Waals surface area contributed by atoms with Gasteiger partial charge in [0.2, 0.25) is 0 Å². The Bertz CT molecular complexity index is 1190. The van der Waals surface area contributed by atoms with Gasteiger partial charge in [0, 0.05) is 18.7 Å². The van der Waals surface area contributed by atoms with Crippen molar-refractivity contribution in [2.45, 2.75) is 40.2 Å². The lowest BCUT2D eigenvalue weighted by molar-refractivity contribution is -0.119. The second kappa shape index (κ2) is 7.44. The fraction of sp³-hybridized carbons (Fsp3) is 0.333. The highest BCUT2D eigenvalue weighted by Gasteiger charge is 2.24. The summed E-state index contributed by atoms with van der Waals surface area (Å²) in [5.74, 6) is -0.268. The molecule has 1 aromatic carbocycles. The number of anilines is 1. The Morgan fingerprint density at radius 3 is 2.69 bits per heavy atom. The van der Waals surface area contributed by atoms with Crippen LogP contribution in [0, 0.1) is 20.8 Å². The molecule has 0 saturated heterocycles. The normalized spacial score (nSPS) is 12.8. The topological polar surface area (TPSA) is 90.3 Å². The Balaban J connectivity index is 1.51. The molecule has 0 saturated carbocycles. The summed E-state index contributed by atoms with van der Waals surface area (Å²) in [6.07, 6.45) is 1.67. The summed E-state index contributed by atoms with van der Waals surface area (Å²) in [6.45, 7) is 5.78. The van der Waals surface area contributed by atoms with Crippen LogP contribution >= 0.6 is 11.3 Å². The number of aryl methyl sites for hydroxylation is 4. The van der Waals surface area contributed by atoms with Gasteiger partial charge in [-0.25, -0.2) is 9.78 Å². The zero-order chi connectivity index (χ0) is 20.7. The van der Waals surface area contributed by atoms with E-state index < -0.39 is 18.5 Å². The minimum absolute atomic E-state index is 0.108. The quantitative estimate of drug-likeness (QED) is 0.666. The summed E-state index contributed by atoms with van der Waals surface area (Å²) in [7, 11) is 0. The van der Waals surface area contributed by atoms with E-state index in [2.05, 4.69) is 10.3 Å². The van der Waals surface area contributed by atoms with Gasteiger partial charge in [-0.3, -0.25) is 14.2 Å². The van der Waals surface area contributed by atoms with Gasteiger partial charge in [-0.1, -0.05) is 18.2 Å². The minimum Gasteiger partial charge on any atom is -0.451 e. The molecule has 2 aromatic heterocycles. The Morgan fingerprint density at radius 2 is 1.97 bits per heavy atom. The molecule has 150 valence electrons. The molecule has 8 heteroatoms. The number of rotatable bonds is 4. The number of thiophene rings is 1. The van der Waals surface area contributed by atoms with Gasteiger partial charge in [-0.15, -0.1) is 11.3 Å². The van der Waals surface area contributed by atoms with Crippen LogP contribution in [-0.4, -0.2) is 28.0 Å². The Kier molecular flexibility index (Phi) is 4.96. The number of para-hydroxylation sites is 1. The van der Waals surface area contributed by atoms with Crippen LogP contribution in [0.2, 0.25) is 0 Å². The van der Waals surface area contributed by atoms with Crippen LogP contribution in [-0.2, 0) is 22.5 Å². The average molecular weight is 411 g/mol. The SMILES string of the molecule is Cc1cccc(C)c1NC(=O)COC(=O)c1sc2nc3n(c(=O)c2c1C)CCC3. The third-order valence-electron chi connectivity index (χ3n) is 5.18. The summed E-state index contributed by atoms with van der Waals surface area (Å²) in [5, 5.41) is 3.25. The van der Waals surface area contributed by atoms with Gasteiger partial charge in [-0.05, 0) is 43.9 Å². The van der Waals surface area contributed by atoms with Crippen molar-refractivity contribution in [3.8, 4) is 0 Å². The van der Waals surface area contributed by atoms with E-state index in [1.807, 2.05) is 32.0 Å². The molecule has 0 bridgehead atoms. The summed E-state index contributed by atoms with van der Waals surface area (Å²) in [4.78, 5) is 42.9. The van der Waals surface area contributed by atoms with Gasteiger partial charge >= 0.3 is 5.97 Å². The second-order valence-electron chi connectivity index (χ2n) is 7.22. The maximum atomic E-state index is 12.7. The lowest BCUT2D eigenvalue weighted by Gasteiger charge is -2.11. The molecule has 0 fully saturated rings. The molecule has 1 aliphatic heterocycles. The van der Waals surface area contributed by atoms with E-state index in [0.29, 0.717) is 27.2 Å². The third kappa shape index (κ3) is 3.44. The number of aromatic nitrogens is 2. The highest BCUT2D eigenvalue weighted by atomic mass is 32.1. The molecule has 4 rings (SSSR count). The molecule has 29 heavy (non-hydrogen) atoms. The van der Waals surface area contributed by atoms with E-state index in [1.54, 1.807) is 11.5 Å². The number of hydrogen-bond donors (Lipinski definition) is 1. The maximum Gasteiger partial charge on any atom is 0.349 e. The summed E-state index contributed by atoms with van der Waals surface area (Å²) in [6, 6.07) is 5.72. The van der Waals surface area contributed by atoms with Crippen LogP contribution in [0.15, 0.2) is 23.0 Å². The summed E-state index contributed by atoms with van der Waals surface area (Å²) in [5.41, 5.74) is 3.04. The molecule has 3 heterocycles. The number of esters is 1. The van der Waals surface area contributed by atoms with Crippen LogP contribution in [0.1, 0.15) is 38.6 Å². The minimum atomic E-state index is -0.619. The number of nitrogens with zero attached hydrogens (tertiary/aromatic N) is 2. The molecule has 0 atom stereocenters. The highest BCUT2D eigenvalue weighted by Crippen LogP contribution is 2.29. The lowest BCUT2D eigenvalue weighted by atomic mass is 10.1. The molecule has 0 unspecified atom stereocenters. The average Bonchev–Trinajstić information content (AvgIpc) is 3.28. The van der Waals surface area contributed by atoms with Gasteiger partial charge in [0.25, 0.3) is 11.5 Å². The van der Waals surface area contributed by atoms with Crippen LogP contribution < -0.4 is 10.9 Å². The van der Waals surface area contributed by atoms with E-state index >= 15 is 0 Å². The smallest absolute Gasteiger partial charge is 0.349 e. The van der Waals surface area contributed by atoms with E-state index in [9.17, 15) is 14.4 Å². The van der Waals surface area contributed by atoms with Crippen LogP contribution in [0.4, 0.5) is 5.69 Å². The number of nitrogens with one attached hydrogen (secondary N) is 1. The van der Waals surface area contributed by atoms with E-state index in [0.717, 1.165) is 46.8 Å². The second-order valence-corrected chi connectivity index (χ2v) is 8.21. The summed E-state index contributed by atoms with van der Waals surface area (Å²) >= 11 is 1.14. The number of hydrogen-bond acceptors (Lipinski definition) is 6. The Hall–Kier alpha value is -3.00. The first-order valence-electron chi connectivity index (χ1n) is 9.43. The van der Waals surface area contributed by atoms with Crippen LogP contribution in [0.5, 0.6) is 0 Å². The predicted molar refractivity (Wildman–Crippen MR) is 112 cm³/mol. The molecule has 1 amide bonds. The zero-order valence-corrected chi connectivity index (χ0v) is 17.3. The first kappa shape index (κ1) is 19.3. The summed E-state index contributed by atoms with van der Waals surface area (Å²) < 4.78 is 6.89. The van der Waals surface area contributed by atoms with Crippen LogP contribution in [0.3, 0.4) is 0 Å².